The van der Waals surface area contributed by atoms with E-state index in [0.717, 1.165) is 5.56 Å². The van der Waals surface area contributed by atoms with Gasteiger partial charge in [0.2, 0.25) is 0 Å². The lowest BCUT2D eigenvalue weighted by Gasteiger charge is -2.06. The summed E-state index contributed by atoms with van der Waals surface area (Å²) in [4.78, 5) is 0. The first kappa shape index (κ1) is 12.9. The molecule has 0 aliphatic rings. The summed E-state index contributed by atoms with van der Waals surface area (Å²) in [5.41, 5.74) is 1.76. The lowest BCUT2D eigenvalue weighted by Crippen LogP contribution is -2.01. The summed E-state index contributed by atoms with van der Waals surface area (Å²) in [6.07, 6.45) is 3.78. The highest BCUT2D eigenvalue weighted by molar-refractivity contribution is 6.30. The van der Waals surface area contributed by atoms with Gasteiger partial charge >= 0.3 is 0 Å². The third-order valence-electron chi connectivity index (χ3n) is 2.60. The van der Waals surface area contributed by atoms with Crippen LogP contribution in [0.15, 0.2) is 30.6 Å². The molecule has 1 aromatic heterocycles. The highest BCUT2D eigenvalue weighted by atomic mass is 35.5. The average molecular weight is 268 g/mol. The number of rotatable bonds is 4. The van der Waals surface area contributed by atoms with Crippen molar-refractivity contribution in [2.24, 2.45) is 0 Å². The summed E-state index contributed by atoms with van der Waals surface area (Å²) < 4.78 is 15.1. The maximum atomic E-state index is 13.2. The molecule has 96 valence electrons. The van der Waals surface area contributed by atoms with Gasteiger partial charge < -0.3 is 5.32 Å². The highest BCUT2D eigenvalue weighted by Crippen LogP contribution is 2.19. The average Bonchev–Trinajstić information content (AvgIpc) is 2.79. The Labute approximate surface area is 111 Å². The minimum atomic E-state index is -0.417. The van der Waals surface area contributed by atoms with Crippen molar-refractivity contribution in [3.05, 3.63) is 47.0 Å². The van der Waals surface area contributed by atoms with Crippen molar-refractivity contribution >= 4 is 17.3 Å². The molecule has 3 nitrogen and oxygen atoms in total. The van der Waals surface area contributed by atoms with Gasteiger partial charge in [-0.1, -0.05) is 11.6 Å². The summed E-state index contributed by atoms with van der Waals surface area (Å²) in [6.45, 7) is 4.74. The van der Waals surface area contributed by atoms with E-state index in [0.29, 0.717) is 18.3 Å². The fraction of sp³-hybridized carbons (Fsp3) is 0.308. The maximum Gasteiger partial charge on any atom is 0.143 e. The van der Waals surface area contributed by atoms with Crippen molar-refractivity contribution in [2.75, 3.05) is 5.32 Å². The van der Waals surface area contributed by atoms with Crippen molar-refractivity contribution in [3.8, 4) is 0 Å². The van der Waals surface area contributed by atoms with E-state index in [9.17, 15) is 4.39 Å². The minimum absolute atomic E-state index is 0.133. The van der Waals surface area contributed by atoms with Crippen LogP contribution in [0.1, 0.15) is 25.5 Å². The Bertz CT molecular complexity index is 537. The van der Waals surface area contributed by atoms with E-state index in [1.54, 1.807) is 12.3 Å². The van der Waals surface area contributed by atoms with E-state index >= 15 is 0 Å². The number of hydrogen-bond donors (Lipinski definition) is 1. The fourth-order valence-corrected chi connectivity index (χ4v) is 1.68. The number of halogens is 2. The van der Waals surface area contributed by atoms with Gasteiger partial charge in [-0.3, -0.25) is 4.68 Å². The number of hydrogen-bond acceptors (Lipinski definition) is 2. The lowest BCUT2D eigenvalue weighted by molar-refractivity contribution is 0.532. The predicted octanol–water partition coefficient (Wildman–Crippen LogP) is 3.87. The van der Waals surface area contributed by atoms with Gasteiger partial charge in [0, 0.05) is 30.0 Å². The van der Waals surface area contributed by atoms with Gasteiger partial charge in [0.15, 0.2) is 0 Å². The predicted molar refractivity (Wildman–Crippen MR) is 71.3 cm³/mol. The number of anilines is 1. The Morgan fingerprint density at radius 1 is 1.44 bits per heavy atom. The minimum Gasteiger partial charge on any atom is -0.381 e. The molecule has 0 saturated carbocycles. The molecule has 0 amide bonds. The van der Waals surface area contributed by atoms with Crippen LogP contribution >= 0.6 is 11.6 Å². The summed E-state index contributed by atoms with van der Waals surface area (Å²) in [6, 6.07) is 5.01. The van der Waals surface area contributed by atoms with Crippen molar-refractivity contribution in [1.29, 1.82) is 0 Å². The van der Waals surface area contributed by atoms with Crippen molar-refractivity contribution in [2.45, 2.75) is 26.4 Å². The van der Waals surface area contributed by atoms with Crippen LogP contribution in [0.5, 0.6) is 0 Å². The van der Waals surface area contributed by atoms with Crippen molar-refractivity contribution in [1.82, 2.24) is 9.78 Å². The van der Waals surface area contributed by atoms with E-state index < -0.39 is 5.82 Å². The van der Waals surface area contributed by atoms with Crippen LogP contribution in [0.25, 0.3) is 0 Å². The second-order valence-electron chi connectivity index (χ2n) is 4.40. The zero-order chi connectivity index (χ0) is 13.1. The number of aromatic nitrogens is 2. The summed E-state index contributed by atoms with van der Waals surface area (Å²) in [7, 11) is 0. The molecule has 2 aromatic rings. The van der Waals surface area contributed by atoms with Crippen LogP contribution in [-0.2, 0) is 6.54 Å². The first-order chi connectivity index (χ1) is 8.56. The van der Waals surface area contributed by atoms with Crippen LogP contribution in [0.2, 0.25) is 5.02 Å². The standard InChI is InChI=1S/C13H15ClFN3/c1-9(2)18-8-10(7-17-18)6-16-11-3-4-12(14)13(15)5-11/h3-5,7-9,16H,6H2,1-2H3. The molecule has 0 fully saturated rings. The van der Waals surface area contributed by atoms with E-state index in [-0.39, 0.29) is 5.02 Å². The molecule has 1 aromatic carbocycles. The summed E-state index contributed by atoms with van der Waals surface area (Å²) in [5, 5.41) is 7.50. The third kappa shape index (κ3) is 3.01. The fourth-order valence-electron chi connectivity index (χ4n) is 1.56. The molecule has 1 N–H and O–H groups in total. The quantitative estimate of drug-likeness (QED) is 0.911. The molecule has 2 rings (SSSR count). The van der Waals surface area contributed by atoms with Crippen molar-refractivity contribution in [3.63, 3.8) is 0 Å². The van der Waals surface area contributed by atoms with E-state index in [1.165, 1.54) is 12.1 Å². The second-order valence-corrected chi connectivity index (χ2v) is 4.81. The van der Waals surface area contributed by atoms with Gasteiger partial charge in [-0.25, -0.2) is 4.39 Å². The Balaban J connectivity index is 2.00. The molecule has 0 aliphatic carbocycles. The van der Waals surface area contributed by atoms with Crippen LogP contribution in [-0.4, -0.2) is 9.78 Å². The molecule has 0 radical (unpaired) electrons. The zero-order valence-electron chi connectivity index (χ0n) is 10.3. The Morgan fingerprint density at radius 3 is 2.83 bits per heavy atom. The largest absolute Gasteiger partial charge is 0.381 e. The summed E-state index contributed by atoms with van der Waals surface area (Å²) >= 11 is 5.62. The maximum absolute atomic E-state index is 13.2. The topological polar surface area (TPSA) is 29.9 Å². The highest BCUT2D eigenvalue weighted by Gasteiger charge is 2.03. The molecule has 0 saturated heterocycles. The van der Waals surface area contributed by atoms with E-state index in [2.05, 4.69) is 24.3 Å². The Kier molecular flexibility index (Phi) is 3.87. The van der Waals surface area contributed by atoms with Crippen LogP contribution in [0.3, 0.4) is 0 Å². The zero-order valence-corrected chi connectivity index (χ0v) is 11.1. The monoisotopic (exact) mass is 267 g/mol. The van der Waals surface area contributed by atoms with Crippen LogP contribution in [0.4, 0.5) is 10.1 Å². The SMILES string of the molecule is CC(C)n1cc(CNc2ccc(Cl)c(F)c2)cn1. The Hall–Kier alpha value is -1.55. The number of benzene rings is 1. The Morgan fingerprint density at radius 2 is 2.22 bits per heavy atom. The van der Waals surface area contributed by atoms with Gasteiger partial charge in [-0.15, -0.1) is 0 Å². The van der Waals surface area contributed by atoms with Gasteiger partial charge in [-0.05, 0) is 32.0 Å². The molecular weight excluding hydrogens is 253 g/mol. The summed E-state index contributed by atoms with van der Waals surface area (Å²) in [5.74, 6) is -0.417. The van der Waals surface area contributed by atoms with Gasteiger partial charge in [0.1, 0.15) is 5.82 Å². The molecule has 0 spiro atoms. The second kappa shape index (κ2) is 5.40. The normalized spacial score (nSPS) is 10.9. The van der Waals surface area contributed by atoms with E-state index in [4.69, 9.17) is 11.6 Å². The first-order valence-electron chi connectivity index (χ1n) is 5.78. The smallest absolute Gasteiger partial charge is 0.143 e. The first-order valence-corrected chi connectivity index (χ1v) is 6.16. The molecule has 18 heavy (non-hydrogen) atoms. The van der Waals surface area contributed by atoms with Crippen LogP contribution in [0, 0.1) is 5.82 Å². The third-order valence-corrected chi connectivity index (χ3v) is 2.91. The molecule has 1 heterocycles. The molecule has 5 heteroatoms. The van der Waals surface area contributed by atoms with Gasteiger partial charge in [-0.2, -0.15) is 5.10 Å². The molecule has 0 unspecified atom stereocenters. The molecule has 0 bridgehead atoms. The van der Waals surface area contributed by atoms with Crippen molar-refractivity contribution < 1.29 is 4.39 Å². The lowest BCUT2D eigenvalue weighted by atomic mass is 10.3. The van der Waals surface area contributed by atoms with Crippen LogP contribution < -0.4 is 5.32 Å². The van der Waals surface area contributed by atoms with Gasteiger partial charge in [0.05, 0.1) is 11.2 Å². The molecule has 0 aliphatic heterocycles. The number of nitrogens with zero attached hydrogens (tertiary/aromatic N) is 2. The van der Waals surface area contributed by atoms with E-state index in [1.807, 2.05) is 10.9 Å². The number of nitrogens with one attached hydrogen (secondary N) is 1. The van der Waals surface area contributed by atoms with Gasteiger partial charge in [0.25, 0.3) is 0 Å². The molecule has 0 atom stereocenters. The molecular formula is C13H15ClFN3.